The monoisotopic (exact) mass is 340 g/mol. The Hall–Kier alpha value is -2.20. The largest absolute Gasteiger partial charge is 0.351 e. The molecular formula is C13H20N6O3S. The van der Waals surface area contributed by atoms with Crippen LogP contribution in [0.5, 0.6) is 0 Å². The number of hydrogen-bond donors (Lipinski definition) is 2. The fourth-order valence-electron chi connectivity index (χ4n) is 1.92. The van der Waals surface area contributed by atoms with Crippen LogP contribution in [-0.2, 0) is 16.6 Å². The van der Waals surface area contributed by atoms with Gasteiger partial charge in [-0.25, -0.2) is 12.7 Å². The molecule has 0 aliphatic rings. The minimum atomic E-state index is -3.34. The van der Waals surface area contributed by atoms with Gasteiger partial charge in [0, 0.05) is 38.9 Å². The molecule has 0 unspecified atom stereocenters. The molecule has 2 aromatic rings. The minimum absolute atomic E-state index is 0.0260. The van der Waals surface area contributed by atoms with Crippen molar-refractivity contribution in [2.45, 2.75) is 13.5 Å². The van der Waals surface area contributed by atoms with Crippen LogP contribution in [0.3, 0.4) is 0 Å². The number of aromatic amines is 1. The van der Waals surface area contributed by atoms with Crippen LogP contribution >= 0.6 is 0 Å². The molecule has 0 saturated heterocycles. The van der Waals surface area contributed by atoms with Gasteiger partial charge in [-0.3, -0.25) is 14.6 Å². The zero-order valence-electron chi connectivity index (χ0n) is 13.3. The Balaban J connectivity index is 2.05. The van der Waals surface area contributed by atoms with Gasteiger partial charge in [0.1, 0.15) is 0 Å². The molecule has 0 aliphatic carbocycles. The summed E-state index contributed by atoms with van der Waals surface area (Å²) < 4.78 is 26.2. The summed E-state index contributed by atoms with van der Waals surface area (Å²) >= 11 is 0. The molecule has 126 valence electrons. The molecule has 1 amide bonds. The molecular weight excluding hydrogens is 320 g/mol. The Labute approximate surface area is 134 Å². The number of carbonyl (C=O) groups excluding carboxylic acids is 1. The van der Waals surface area contributed by atoms with Crippen LogP contribution in [0.25, 0.3) is 11.3 Å². The molecule has 2 heterocycles. The van der Waals surface area contributed by atoms with Gasteiger partial charge in [0.05, 0.1) is 29.4 Å². The zero-order valence-corrected chi connectivity index (χ0v) is 14.1. The van der Waals surface area contributed by atoms with Crippen molar-refractivity contribution in [1.82, 2.24) is 29.6 Å². The molecule has 2 aromatic heterocycles. The number of hydrogen-bond acceptors (Lipinski definition) is 5. The van der Waals surface area contributed by atoms with Crippen molar-refractivity contribution in [1.29, 1.82) is 0 Å². The third-order valence-corrected chi connectivity index (χ3v) is 5.16. The third-order valence-electron chi connectivity index (χ3n) is 3.33. The average Bonchev–Trinajstić information content (AvgIpc) is 3.15. The SMILES string of the molecule is CCn1cc(-c2[nH]ncc2C(=O)NCCS(=O)(=O)N(C)C)cn1. The highest BCUT2D eigenvalue weighted by atomic mass is 32.2. The summed E-state index contributed by atoms with van der Waals surface area (Å²) in [5, 5.41) is 13.4. The molecule has 0 aromatic carbocycles. The smallest absolute Gasteiger partial charge is 0.255 e. The van der Waals surface area contributed by atoms with E-state index in [9.17, 15) is 13.2 Å². The Kier molecular flexibility index (Phi) is 5.16. The quantitative estimate of drug-likeness (QED) is 0.731. The minimum Gasteiger partial charge on any atom is -0.351 e. The Morgan fingerprint density at radius 2 is 2.13 bits per heavy atom. The van der Waals surface area contributed by atoms with Gasteiger partial charge < -0.3 is 5.32 Å². The Morgan fingerprint density at radius 3 is 2.74 bits per heavy atom. The number of nitrogens with one attached hydrogen (secondary N) is 2. The van der Waals surface area contributed by atoms with Crippen molar-refractivity contribution in [2.75, 3.05) is 26.4 Å². The predicted molar refractivity (Wildman–Crippen MR) is 85.3 cm³/mol. The van der Waals surface area contributed by atoms with E-state index in [1.54, 1.807) is 17.1 Å². The number of aromatic nitrogens is 4. The Bertz CT molecular complexity index is 777. The lowest BCUT2D eigenvalue weighted by molar-refractivity contribution is 0.0957. The number of nitrogens with zero attached hydrogens (tertiary/aromatic N) is 4. The lowest BCUT2D eigenvalue weighted by Gasteiger charge is -2.11. The number of H-pyrrole nitrogens is 1. The maximum atomic E-state index is 12.2. The first-order valence-electron chi connectivity index (χ1n) is 7.09. The summed E-state index contributed by atoms with van der Waals surface area (Å²) in [6, 6.07) is 0. The standard InChI is InChI=1S/C13H20N6O3S/c1-4-19-9-10(7-16-19)12-11(8-15-17-12)13(20)14-5-6-23(21,22)18(2)3/h7-9H,4-6H2,1-3H3,(H,14,20)(H,15,17). The molecule has 9 nitrogen and oxygen atoms in total. The molecule has 0 atom stereocenters. The molecule has 23 heavy (non-hydrogen) atoms. The van der Waals surface area contributed by atoms with E-state index >= 15 is 0 Å². The van der Waals surface area contributed by atoms with Crippen LogP contribution in [0.2, 0.25) is 0 Å². The summed E-state index contributed by atoms with van der Waals surface area (Å²) in [6.07, 6.45) is 4.86. The van der Waals surface area contributed by atoms with Crippen molar-refractivity contribution in [3.05, 3.63) is 24.2 Å². The zero-order chi connectivity index (χ0) is 17.0. The summed E-state index contributed by atoms with van der Waals surface area (Å²) in [7, 11) is -0.433. The number of aryl methyl sites for hydroxylation is 1. The summed E-state index contributed by atoms with van der Waals surface area (Å²) in [5.74, 6) is -0.542. The lowest BCUT2D eigenvalue weighted by atomic mass is 10.1. The van der Waals surface area contributed by atoms with Crippen molar-refractivity contribution < 1.29 is 13.2 Å². The van der Waals surface area contributed by atoms with E-state index in [1.807, 2.05) is 6.92 Å². The first-order chi connectivity index (χ1) is 10.8. The maximum Gasteiger partial charge on any atom is 0.255 e. The van der Waals surface area contributed by atoms with Crippen molar-refractivity contribution in [2.24, 2.45) is 0 Å². The van der Waals surface area contributed by atoms with Crippen LogP contribution in [0.15, 0.2) is 18.6 Å². The molecule has 0 aliphatic heterocycles. The average molecular weight is 340 g/mol. The van der Waals surface area contributed by atoms with Crippen LogP contribution in [0.1, 0.15) is 17.3 Å². The van der Waals surface area contributed by atoms with E-state index in [2.05, 4.69) is 20.6 Å². The molecule has 2 N–H and O–H groups in total. The van der Waals surface area contributed by atoms with Gasteiger partial charge in [0.2, 0.25) is 10.0 Å². The highest BCUT2D eigenvalue weighted by Crippen LogP contribution is 2.20. The molecule has 0 spiro atoms. The first-order valence-corrected chi connectivity index (χ1v) is 8.70. The first kappa shape index (κ1) is 17.2. The molecule has 10 heteroatoms. The van der Waals surface area contributed by atoms with Gasteiger partial charge in [0.15, 0.2) is 0 Å². The topological polar surface area (TPSA) is 113 Å². The second-order valence-electron chi connectivity index (χ2n) is 5.10. The Morgan fingerprint density at radius 1 is 1.39 bits per heavy atom. The summed E-state index contributed by atoms with van der Waals surface area (Å²) in [4.78, 5) is 12.2. The van der Waals surface area contributed by atoms with Gasteiger partial charge >= 0.3 is 0 Å². The third kappa shape index (κ3) is 3.96. The van der Waals surface area contributed by atoms with E-state index in [-0.39, 0.29) is 18.2 Å². The number of rotatable bonds is 7. The highest BCUT2D eigenvalue weighted by molar-refractivity contribution is 7.89. The van der Waals surface area contributed by atoms with Crippen LogP contribution in [0.4, 0.5) is 0 Å². The molecule has 0 radical (unpaired) electrons. The van der Waals surface area contributed by atoms with Crippen molar-refractivity contribution in [3.8, 4) is 11.3 Å². The van der Waals surface area contributed by atoms with E-state index < -0.39 is 10.0 Å². The summed E-state index contributed by atoms with van der Waals surface area (Å²) in [5.41, 5.74) is 1.65. The van der Waals surface area contributed by atoms with Crippen molar-refractivity contribution >= 4 is 15.9 Å². The second kappa shape index (κ2) is 6.92. The highest BCUT2D eigenvalue weighted by Gasteiger charge is 2.18. The van der Waals surface area contributed by atoms with E-state index in [1.165, 1.54) is 20.3 Å². The fourth-order valence-corrected chi connectivity index (χ4v) is 2.64. The van der Waals surface area contributed by atoms with Gasteiger partial charge in [-0.2, -0.15) is 10.2 Å². The number of amides is 1. The predicted octanol–water partition coefficient (Wildman–Crippen LogP) is -0.0857. The van der Waals surface area contributed by atoms with Crippen LogP contribution in [0, 0.1) is 0 Å². The number of sulfonamides is 1. The normalized spacial score (nSPS) is 11.8. The van der Waals surface area contributed by atoms with Crippen LogP contribution < -0.4 is 5.32 Å². The van der Waals surface area contributed by atoms with E-state index in [4.69, 9.17) is 0 Å². The fraction of sp³-hybridized carbons (Fsp3) is 0.462. The van der Waals surface area contributed by atoms with E-state index in [0.29, 0.717) is 11.3 Å². The molecule has 0 bridgehead atoms. The van der Waals surface area contributed by atoms with Gasteiger partial charge in [-0.05, 0) is 6.92 Å². The van der Waals surface area contributed by atoms with Gasteiger partial charge in [-0.1, -0.05) is 0 Å². The molecule has 2 rings (SSSR count). The maximum absolute atomic E-state index is 12.2. The summed E-state index contributed by atoms with van der Waals surface area (Å²) in [6.45, 7) is 2.71. The second-order valence-corrected chi connectivity index (χ2v) is 7.40. The number of carbonyl (C=O) groups is 1. The molecule has 0 saturated carbocycles. The van der Waals surface area contributed by atoms with Gasteiger partial charge in [-0.15, -0.1) is 0 Å². The van der Waals surface area contributed by atoms with E-state index in [0.717, 1.165) is 16.4 Å². The lowest BCUT2D eigenvalue weighted by Crippen LogP contribution is -2.33. The van der Waals surface area contributed by atoms with Crippen LogP contribution in [-0.4, -0.2) is 65.0 Å². The van der Waals surface area contributed by atoms with Gasteiger partial charge in [0.25, 0.3) is 5.91 Å². The van der Waals surface area contributed by atoms with Crippen molar-refractivity contribution in [3.63, 3.8) is 0 Å². The molecule has 0 fully saturated rings.